The van der Waals surface area contributed by atoms with Crippen LogP contribution in [0.5, 0.6) is 0 Å². The Morgan fingerprint density at radius 3 is 2.65 bits per heavy atom. The van der Waals surface area contributed by atoms with Crippen LogP contribution in [0.3, 0.4) is 0 Å². The Bertz CT molecular complexity index is 786. The third-order valence-electron chi connectivity index (χ3n) is 5.13. The second-order valence-corrected chi connectivity index (χ2v) is 7.79. The fourth-order valence-corrected chi connectivity index (χ4v) is 4.47. The minimum Gasteiger partial charge on any atom is -0.346 e. The van der Waals surface area contributed by atoms with Gasteiger partial charge in [-0.05, 0) is 48.8 Å². The summed E-state index contributed by atoms with van der Waals surface area (Å²) in [5.41, 5.74) is 7.35. The van der Waals surface area contributed by atoms with Crippen molar-refractivity contribution in [3.8, 4) is 0 Å². The zero-order valence-corrected chi connectivity index (χ0v) is 15.6. The maximum absolute atomic E-state index is 5.69. The lowest BCUT2D eigenvalue weighted by atomic mass is 9.86. The minimum absolute atomic E-state index is 0.230. The summed E-state index contributed by atoms with van der Waals surface area (Å²) < 4.78 is 1.89. The van der Waals surface area contributed by atoms with Gasteiger partial charge in [0.15, 0.2) is 0 Å². The number of benzene rings is 1. The third-order valence-corrected chi connectivity index (χ3v) is 5.44. The molecule has 1 aromatic heterocycles. The number of rotatable bonds is 2. The Morgan fingerprint density at radius 2 is 2.04 bits per heavy atom. The van der Waals surface area contributed by atoms with Gasteiger partial charge in [-0.1, -0.05) is 45.1 Å². The van der Waals surface area contributed by atoms with Crippen LogP contribution in [0.1, 0.15) is 61.2 Å². The Balaban J connectivity index is 1.99. The molecule has 1 aliphatic rings. The number of thiocarbonyl (C=S) groups is 1. The van der Waals surface area contributed by atoms with Crippen molar-refractivity contribution in [2.75, 3.05) is 5.32 Å². The summed E-state index contributed by atoms with van der Waals surface area (Å²) in [6, 6.07) is 6.53. The molecule has 0 amide bonds. The smallest absolute Gasteiger partial charge is 0.114 e. The first kappa shape index (κ1) is 16.2. The molecule has 0 bridgehead atoms. The van der Waals surface area contributed by atoms with Gasteiger partial charge in [0.25, 0.3) is 0 Å². The standard InChI is InChI=1S/C19H25N3S/c1-11-10-19(4,5)14-8-7-9-15(16(11)14)20-18(23)17-12(2)21-22(6)13(17)3/h7-9,11H,10H2,1-6H3,(H,20,23). The fraction of sp³-hybridized carbons (Fsp3) is 0.474. The van der Waals surface area contributed by atoms with E-state index in [-0.39, 0.29) is 5.41 Å². The number of hydrogen-bond donors (Lipinski definition) is 1. The molecule has 1 heterocycles. The van der Waals surface area contributed by atoms with Crippen LogP contribution in [0.4, 0.5) is 5.69 Å². The van der Waals surface area contributed by atoms with Gasteiger partial charge in [-0.2, -0.15) is 5.10 Å². The molecular weight excluding hydrogens is 302 g/mol. The van der Waals surface area contributed by atoms with Crippen molar-refractivity contribution in [2.45, 2.75) is 52.4 Å². The van der Waals surface area contributed by atoms with Gasteiger partial charge in [-0.3, -0.25) is 4.68 Å². The first-order valence-corrected chi connectivity index (χ1v) is 8.58. The number of fused-ring (bicyclic) bond motifs is 1. The van der Waals surface area contributed by atoms with E-state index in [1.54, 1.807) is 0 Å². The lowest BCUT2D eigenvalue weighted by Gasteiger charge is -2.19. The average molecular weight is 327 g/mol. The van der Waals surface area contributed by atoms with E-state index in [9.17, 15) is 0 Å². The molecule has 0 fully saturated rings. The van der Waals surface area contributed by atoms with Crippen LogP contribution in [0.25, 0.3) is 0 Å². The predicted molar refractivity (Wildman–Crippen MR) is 101 cm³/mol. The van der Waals surface area contributed by atoms with Crippen molar-refractivity contribution < 1.29 is 0 Å². The summed E-state index contributed by atoms with van der Waals surface area (Å²) in [7, 11) is 1.96. The summed E-state index contributed by atoms with van der Waals surface area (Å²) in [4.78, 5) is 0.762. The fourth-order valence-electron chi connectivity index (χ4n) is 4.06. The van der Waals surface area contributed by atoms with E-state index in [0.29, 0.717) is 5.92 Å². The normalized spacial score (nSPS) is 18.8. The van der Waals surface area contributed by atoms with Gasteiger partial charge >= 0.3 is 0 Å². The van der Waals surface area contributed by atoms with E-state index in [2.05, 4.69) is 56.3 Å². The Kier molecular flexibility index (Phi) is 3.83. The SMILES string of the molecule is Cc1nn(C)c(C)c1C(=S)Nc1cccc2c1C(C)CC2(C)C. The second kappa shape index (κ2) is 5.45. The van der Waals surface area contributed by atoms with Crippen molar-refractivity contribution in [3.63, 3.8) is 0 Å². The van der Waals surface area contributed by atoms with Crippen LogP contribution in [0.2, 0.25) is 0 Å². The van der Waals surface area contributed by atoms with E-state index >= 15 is 0 Å². The molecule has 0 aliphatic heterocycles. The molecule has 0 saturated carbocycles. The average Bonchev–Trinajstić information content (AvgIpc) is 2.84. The molecule has 1 N–H and O–H groups in total. The molecule has 0 radical (unpaired) electrons. The summed E-state index contributed by atoms with van der Waals surface area (Å²) in [5, 5.41) is 7.97. The molecule has 2 aromatic rings. The Hall–Kier alpha value is -1.68. The first-order chi connectivity index (χ1) is 10.7. The van der Waals surface area contributed by atoms with Crippen LogP contribution < -0.4 is 5.32 Å². The van der Waals surface area contributed by atoms with Gasteiger partial charge in [0.05, 0.1) is 11.3 Å². The van der Waals surface area contributed by atoms with Crippen molar-refractivity contribution in [1.29, 1.82) is 0 Å². The summed E-state index contributed by atoms with van der Waals surface area (Å²) in [6.45, 7) is 11.0. The molecule has 1 aliphatic carbocycles. The van der Waals surface area contributed by atoms with Crippen LogP contribution >= 0.6 is 12.2 Å². The van der Waals surface area contributed by atoms with Crippen LogP contribution in [0.15, 0.2) is 18.2 Å². The molecule has 23 heavy (non-hydrogen) atoms. The van der Waals surface area contributed by atoms with Crippen LogP contribution in [-0.2, 0) is 12.5 Å². The third kappa shape index (κ3) is 2.59. The number of aryl methyl sites for hydroxylation is 2. The number of nitrogens with zero attached hydrogens (tertiary/aromatic N) is 2. The van der Waals surface area contributed by atoms with Gasteiger partial charge in [0.1, 0.15) is 4.99 Å². The summed E-state index contributed by atoms with van der Waals surface area (Å²) >= 11 is 5.69. The highest BCUT2D eigenvalue weighted by Gasteiger charge is 2.36. The van der Waals surface area contributed by atoms with Crippen molar-refractivity contribution >= 4 is 22.9 Å². The quantitative estimate of drug-likeness (QED) is 0.817. The number of aromatic nitrogens is 2. The van der Waals surface area contributed by atoms with E-state index in [1.165, 1.54) is 17.5 Å². The van der Waals surface area contributed by atoms with E-state index < -0.39 is 0 Å². The van der Waals surface area contributed by atoms with E-state index in [4.69, 9.17) is 12.2 Å². The number of anilines is 1. The van der Waals surface area contributed by atoms with Gasteiger partial charge < -0.3 is 5.32 Å². The number of nitrogens with one attached hydrogen (secondary N) is 1. The predicted octanol–water partition coefficient (Wildman–Crippen LogP) is 4.61. The zero-order chi connectivity index (χ0) is 16.9. The molecule has 1 unspecified atom stereocenters. The maximum atomic E-state index is 5.69. The maximum Gasteiger partial charge on any atom is 0.114 e. The van der Waals surface area contributed by atoms with Crippen molar-refractivity contribution in [3.05, 3.63) is 46.3 Å². The molecule has 122 valence electrons. The van der Waals surface area contributed by atoms with Crippen LogP contribution in [0, 0.1) is 13.8 Å². The lowest BCUT2D eigenvalue weighted by molar-refractivity contribution is 0.489. The molecule has 0 spiro atoms. The highest BCUT2D eigenvalue weighted by molar-refractivity contribution is 7.81. The van der Waals surface area contributed by atoms with Gasteiger partial charge in [0.2, 0.25) is 0 Å². The molecule has 3 nitrogen and oxygen atoms in total. The monoisotopic (exact) mass is 327 g/mol. The molecule has 1 aromatic carbocycles. The highest BCUT2D eigenvalue weighted by Crippen LogP contribution is 2.48. The Labute approximate surface area is 144 Å². The lowest BCUT2D eigenvalue weighted by Crippen LogP contribution is -2.15. The molecular formula is C19H25N3S. The second-order valence-electron chi connectivity index (χ2n) is 7.38. The zero-order valence-electron chi connectivity index (χ0n) is 14.8. The topological polar surface area (TPSA) is 29.9 Å². The van der Waals surface area contributed by atoms with E-state index in [0.717, 1.165) is 27.6 Å². The largest absolute Gasteiger partial charge is 0.346 e. The van der Waals surface area contributed by atoms with Crippen molar-refractivity contribution in [1.82, 2.24) is 9.78 Å². The van der Waals surface area contributed by atoms with Crippen molar-refractivity contribution in [2.24, 2.45) is 7.05 Å². The number of hydrogen-bond acceptors (Lipinski definition) is 2. The summed E-state index contributed by atoms with van der Waals surface area (Å²) in [5.74, 6) is 0.544. The van der Waals surface area contributed by atoms with Gasteiger partial charge in [-0.15, -0.1) is 0 Å². The molecule has 3 rings (SSSR count). The van der Waals surface area contributed by atoms with E-state index in [1.807, 2.05) is 18.7 Å². The molecule has 4 heteroatoms. The molecule has 0 saturated heterocycles. The van der Waals surface area contributed by atoms with Gasteiger partial charge in [-0.25, -0.2) is 0 Å². The Morgan fingerprint density at radius 1 is 1.35 bits per heavy atom. The molecule has 1 atom stereocenters. The summed E-state index contributed by atoms with van der Waals surface area (Å²) in [6.07, 6.45) is 1.18. The first-order valence-electron chi connectivity index (χ1n) is 8.17. The van der Waals surface area contributed by atoms with Gasteiger partial charge in [0, 0.05) is 18.4 Å². The highest BCUT2D eigenvalue weighted by atomic mass is 32.1. The minimum atomic E-state index is 0.230. The van der Waals surface area contributed by atoms with Crippen LogP contribution in [-0.4, -0.2) is 14.8 Å².